The van der Waals surface area contributed by atoms with Gasteiger partial charge in [0, 0.05) is 24.7 Å². The summed E-state index contributed by atoms with van der Waals surface area (Å²) in [7, 11) is 0. The van der Waals surface area contributed by atoms with Crippen molar-refractivity contribution in [2.45, 2.75) is 24.7 Å². The van der Waals surface area contributed by atoms with Crippen LogP contribution in [0.1, 0.15) is 17.5 Å². The van der Waals surface area contributed by atoms with Gasteiger partial charge < -0.3 is 10.2 Å². The number of rotatable bonds is 3. The number of likely N-dealkylation sites (tertiary alicyclic amines) is 1. The second-order valence-electron chi connectivity index (χ2n) is 5.92. The van der Waals surface area contributed by atoms with Gasteiger partial charge in [0.15, 0.2) is 0 Å². The third-order valence-electron chi connectivity index (χ3n) is 4.38. The summed E-state index contributed by atoms with van der Waals surface area (Å²) in [5, 5.41) is 22.0. The minimum Gasteiger partial charge on any atom is -0.388 e. The number of β-amino-alcohol motifs (C(OH)–C–C–N with tert-alkyl or cyclic N) is 1. The Hall–Kier alpha value is -1.39. The molecule has 1 saturated heterocycles. The van der Waals surface area contributed by atoms with E-state index in [-0.39, 0.29) is 0 Å². The quantitative estimate of drug-likeness (QED) is 0.915. The summed E-state index contributed by atoms with van der Waals surface area (Å²) in [6, 6.07) is 17.2. The van der Waals surface area contributed by atoms with Gasteiger partial charge in [-0.25, -0.2) is 0 Å². The first-order chi connectivity index (χ1) is 10.6. The van der Waals surface area contributed by atoms with Crippen molar-refractivity contribution in [3.8, 4) is 0 Å². The highest BCUT2D eigenvalue weighted by molar-refractivity contribution is 6.30. The average molecular weight is 318 g/mol. The number of halogens is 1. The molecule has 2 aromatic carbocycles. The molecule has 3 rings (SSSR count). The van der Waals surface area contributed by atoms with Gasteiger partial charge in [0.2, 0.25) is 0 Å². The lowest BCUT2D eigenvalue weighted by molar-refractivity contribution is -0.126. The molecule has 0 bridgehead atoms. The fraction of sp³-hybridized carbons (Fsp3) is 0.333. The van der Waals surface area contributed by atoms with E-state index in [0.717, 1.165) is 18.7 Å². The van der Waals surface area contributed by atoms with Gasteiger partial charge in [-0.15, -0.1) is 0 Å². The molecule has 4 heteroatoms. The molecule has 0 aromatic heterocycles. The number of aliphatic hydroxyl groups excluding tert-OH is 1. The summed E-state index contributed by atoms with van der Waals surface area (Å²) in [4.78, 5) is 2.17. The van der Waals surface area contributed by atoms with Gasteiger partial charge in [0.05, 0.1) is 6.10 Å². The molecule has 2 N–H and O–H groups in total. The predicted octanol–water partition coefficient (Wildman–Crippen LogP) is 2.79. The molecule has 1 fully saturated rings. The van der Waals surface area contributed by atoms with E-state index < -0.39 is 11.7 Å². The summed E-state index contributed by atoms with van der Waals surface area (Å²) >= 11 is 5.89. The van der Waals surface area contributed by atoms with Crippen molar-refractivity contribution in [1.82, 2.24) is 4.90 Å². The van der Waals surface area contributed by atoms with Crippen molar-refractivity contribution < 1.29 is 10.2 Å². The molecule has 0 radical (unpaired) electrons. The Balaban J connectivity index is 1.70. The van der Waals surface area contributed by atoms with E-state index in [1.54, 1.807) is 24.3 Å². The lowest BCUT2D eigenvalue weighted by Crippen LogP contribution is -2.53. The number of hydrogen-bond donors (Lipinski definition) is 2. The lowest BCUT2D eigenvalue weighted by atomic mass is 9.82. The predicted molar refractivity (Wildman–Crippen MR) is 87.7 cm³/mol. The Kier molecular flexibility index (Phi) is 4.50. The Morgan fingerprint density at radius 3 is 2.41 bits per heavy atom. The molecule has 1 aliphatic heterocycles. The zero-order valence-corrected chi connectivity index (χ0v) is 13.1. The molecular weight excluding hydrogens is 298 g/mol. The third kappa shape index (κ3) is 3.18. The molecule has 22 heavy (non-hydrogen) atoms. The number of nitrogens with zero attached hydrogens (tertiary/aromatic N) is 1. The molecule has 0 aliphatic carbocycles. The highest BCUT2D eigenvalue weighted by Crippen LogP contribution is 2.34. The maximum absolute atomic E-state index is 10.9. The largest absolute Gasteiger partial charge is 0.388 e. The highest BCUT2D eigenvalue weighted by Gasteiger charge is 2.41. The molecule has 3 nitrogen and oxygen atoms in total. The smallest absolute Gasteiger partial charge is 0.118 e. The zero-order chi connectivity index (χ0) is 15.6. The SMILES string of the molecule is OC1CN(Cc2ccccc2)CCC1(O)c1ccc(Cl)cc1. The highest BCUT2D eigenvalue weighted by atomic mass is 35.5. The van der Waals surface area contributed by atoms with Gasteiger partial charge in [0.1, 0.15) is 5.60 Å². The number of piperidine rings is 1. The molecular formula is C18H20ClNO2. The van der Waals surface area contributed by atoms with Crippen molar-refractivity contribution in [3.63, 3.8) is 0 Å². The van der Waals surface area contributed by atoms with Crippen molar-refractivity contribution in [2.75, 3.05) is 13.1 Å². The van der Waals surface area contributed by atoms with E-state index in [1.165, 1.54) is 5.56 Å². The van der Waals surface area contributed by atoms with Crippen LogP contribution in [0.3, 0.4) is 0 Å². The maximum Gasteiger partial charge on any atom is 0.118 e. The fourth-order valence-corrected chi connectivity index (χ4v) is 3.17. The molecule has 0 spiro atoms. The van der Waals surface area contributed by atoms with Gasteiger partial charge in [-0.2, -0.15) is 0 Å². The molecule has 0 saturated carbocycles. The summed E-state index contributed by atoms with van der Waals surface area (Å²) in [6.07, 6.45) is -0.311. The average Bonchev–Trinajstić information content (AvgIpc) is 2.53. The lowest BCUT2D eigenvalue weighted by Gasteiger charge is -2.42. The van der Waals surface area contributed by atoms with Gasteiger partial charge in [-0.1, -0.05) is 54.1 Å². The normalized spacial score (nSPS) is 26.0. The fourth-order valence-electron chi connectivity index (χ4n) is 3.04. The summed E-state index contributed by atoms with van der Waals surface area (Å²) in [5.41, 5.74) is 0.744. The molecule has 2 atom stereocenters. The van der Waals surface area contributed by atoms with Crippen molar-refractivity contribution in [2.24, 2.45) is 0 Å². The Morgan fingerprint density at radius 2 is 1.77 bits per heavy atom. The first-order valence-electron chi connectivity index (χ1n) is 7.51. The van der Waals surface area contributed by atoms with Crippen molar-refractivity contribution in [3.05, 3.63) is 70.7 Å². The second-order valence-corrected chi connectivity index (χ2v) is 6.35. The van der Waals surface area contributed by atoms with Gasteiger partial charge in [-0.3, -0.25) is 4.90 Å². The van der Waals surface area contributed by atoms with Crippen LogP contribution in [0.5, 0.6) is 0 Å². The Morgan fingerprint density at radius 1 is 1.09 bits per heavy atom. The van der Waals surface area contributed by atoms with Crippen LogP contribution in [-0.4, -0.2) is 34.3 Å². The van der Waals surface area contributed by atoms with Crippen LogP contribution in [-0.2, 0) is 12.1 Å². The maximum atomic E-state index is 10.9. The molecule has 1 heterocycles. The van der Waals surface area contributed by atoms with E-state index in [2.05, 4.69) is 17.0 Å². The first kappa shape index (κ1) is 15.5. The molecule has 2 unspecified atom stereocenters. The van der Waals surface area contributed by atoms with Crippen LogP contribution in [0.4, 0.5) is 0 Å². The topological polar surface area (TPSA) is 43.7 Å². The van der Waals surface area contributed by atoms with Gasteiger partial charge >= 0.3 is 0 Å². The monoisotopic (exact) mass is 317 g/mol. The molecule has 116 valence electrons. The van der Waals surface area contributed by atoms with Crippen molar-refractivity contribution in [1.29, 1.82) is 0 Å². The van der Waals surface area contributed by atoms with Crippen LogP contribution in [0, 0.1) is 0 Å². The van der Waals surface area contributed by atoms with Crippen LogP contribution in [0.2, 0.25) is 5.02 Å². The van der Waals surface area contributed by atoms with E-state index in [0.29, 0.717) is 18.0 Å². The second kappa shape index (κ2) is 6.39. The van der Waals surface area contributed by atoms with E-state index >= 15 is 0 Å². The zero-order valence-electron chi connectivity index (χ0n) is 12.3. The molecule has 1 aliphatic rings. The summed E-state index contributed by atoms with van der Waals surface area (Å²) in [6.45, 7) is 1.98. The minimum atomic E-state index is -1.20. The summed E-state index contributed by atoms with van der Waals surface area (Å²) < 4.78 is 0. The molecule has 2 aromatic rings. The van der Waals surface area contributed by atoms with Crippen molar-refractivity contribution >= 4 is 11.6 Å². The van der Waals surface area contributed by atoms with Gasteiger partial charge in [-0.05, 0) is 29.7 Å². The summed E-state index contributed by atoms with van der Waals surface area (Å²) in [5.74, 6) is 0. The van der Waals surface area contributed by atoms with Gasteiger partial charge in [0.25, 0.3) is 0 Å². The minimum absolute atomic E-state index is 0.452. The van der Waals surface area contributed by atoms with E-state index in [4.69, 9.17) is 11.6 Å². The van der Waals surface area contributed by atoms with Crippen LogP contribution >= 0.6 is 11.6 Å². The number of benzene rings is 2. The standard InChI is InChI=1S/C18H20ClNO2/c19-16-8-6-15(7-9-16)18(22)10-11-20(13-17(18)21)12-14-4-2-1-3-5-14/h1-9,17,21-22H,10-13H2. The number of hydrogen-bond acceptors (Lipinski definition) is 3. The number of aliphatic hydroxyl groups is 2. The Bertz CT molecular complexity index is 617. The Labute approximate surface area is 135 Å². The molecule has 0 amide bonds. The van der Waals surface area contributed by atoms with E-state index in [1.807, 2.05) is 18.2 Å². The van der Waals surface area contributed by atoms with Crippen LogP contribution in [0.25, 0.3) is 0 Å². The van der Waals surface area contributed by atoms with Crippen LogP contribution < -0.4 is 0 Å². The van der Waals surface area contributed by atoms with E-state index in [9.17, 15) is 10.2 Å². The third-order valence-corrected chi connectivity index (χ3v) is 4.64. The first-order valence-corrected chi connectivity index (χ1v) is 7.88. The van der Waals surface area contributed by atoms with Crippen LogP contribution in [0.15, 0.2) is 54.6 Å².